The number of aromatic nitrogens is 1. The number of amides is 2. The van der Waals surface area contributed by atoms with Crippen molar-refractivity contribution in [3.8, 4) is 0 Å². The zero-order chi connectivity index (χ0) is 13.9. The summed E-state index contributed by atoms with van der Waals surface area (Å²) in [5, 5.41) is 5.39. The molecule has 0 fully saturated rings. The van der Waals surface area contributed by atoms with Crippen LogP contribution in [0.25, 0.3) is 6.08 Å². The standard InChI is InChI=1S/C14H19N3O2/c1-2-9-16-14(19)8-11-17-13(18)7-6-12-5-3-4-10-15-12/h3-7,10H,2,8-9,11H2,1H3,(H,16,19)(H,17,18)/b7-6+. The Labute approximate surface area is 113 Å². The minimum Gasteiger partial charge on any atom is -0.356 e. The zero-order valence-electron chi connectivity index (χ0n) is 11.1. The maximum Gasteiger partial charge on any atom is 0.244 e. The minimum absolute atomic E-state index is 0.0455. The molecule has 0 saturated carbocycles. The normalized spacial score (nSPS) is 10.4. The second-order valence-corrected chi connectivity index (χ2v) is 3.98. The van der Waals surface area contributed by atoms with E-state index in [4.69, 9.17) is 0 Å². The molecule has 0 spiro atoms. The summed E-state index contributed by atoms with van der Waals surface area (Å²) in [6.07, 6.45) is 5.91. The average Bonchev–Trinajstić information content (AvgIpc) is 2.44. The fourth-order valence-corrected chi connectivity index (χ4v) is 1.35. The van der Waals surface area contributed by atoms with Gasteiger partial charge in [-0.15, -0.1) is 0 Å². The summed E-state index contributed by atoms with van der Waals surface area (Å²) >= 11 is 0. The van der Waals surface area contributed by atoms with Crippen LogP contribution in [0.1, 0.15) is 25.5 Å². The molecule has 0 saturated heterocycles. The highest BCUT2D eigenvalue weighted by Crippen LogP contribution is 1.95. The second-order valence-electron chi connectivity index (χ2n) is 3.98. The number of hydrogen-bond acceptors (Lipinski definition) is 3. The van der Waals surface area contributed by atoms with Crippen LogP contribution in [-0.2, 0) is 9.59 Å². The number of carbonyl (C=O) groups excluding carboxylic acids is 2. The molecule has 0 unspecified atom stereocenters. The monoisotopic (exact) mass is 261 g/mol. The predicted molar refractivity (Wildman–Crippen MR) is 74.2 cm³/mol. The maximum atomic E-state index is 11.5. The van der Waals surface area contributed by atoms with Gasteiger partial charge >= 0.3 is 0 Å². The fourth-order valence-electron chi connectivity index (χ4n) is 1.35. The quantitative estimate of drug-likeness (QED) is 0.723. The van der Waals surface area contributed by atoms with E-state index in [2.05, 4.69) is 15.6 Å². The van der Waals surface area contributed by atoms with Crippen molar-refractivity contribution in [2.45, 2.75) is 19.8 Å². The summed E-state index contributed by atoms with van der Waals surface area (Å²) in [6.45, 7) is 3.00. The molecule has 1 aromatic heterocycles. The van der Waals surface area contributed by atoms with Crippen LogP contribution < -0.4 is 10.6 Å². The van der Waals surface area contributed by atoms with E-state index < -0.39 is 0 Å². The van der Waals surface area contributed by atoms with E-state index in [0.717, 1.165) is 12.1 Å². The highest BCUT2D eigenvalue weighted by Gasteiger charge is 2.00. The smallest absolute Gasteiger partial charge is 0.244 e. The third kappa shape index (κ3) is 6.98. The lowest BCUT2D eigenvalue weighted by molar-refractivity contribution is -0.121. The van der Waals surface area contributed by atoms with E-state index in [0.29, 0.717) is 19.5 Å². The maximum absolute atomic E-state index is 11.5. The molecule has 1 heterocycles. The van der Waals surface area contributed by atoms with Gasteiger partial charge in [-0.25, -0.2) is 0 Å². The Morgan fingerprint density at radius 3 is 2.79 bits per heavy atom. The molecule has 0 aliphatic heterocycles. The lowest BCUT2D eigenvalue weighted by Crippen LogP contribution is -2.30. The topological polar surface area (TPSA) is 71.1 Å². The van der Waals surface area contributed by atoms with E-state index in [1.54, 1.807) is 12.3 Å². The predicted octanol–water partition coefficient (Wildman–Crippen LogP) is 1.13. The first-order valence-corrected chi connectivity index (χ1v) is 6.36. The van der Waals surface area contributed by atoms with Gasteiger partial charge in [0.25, 0.3) is 0 Å². The Hall–Kier alpha value is -2.17. The Morgan fingerprint density at radius 1 is 1.26 bits per heavy atom. The first kappa shape index (κ1) is 14.9. The van der Waals surface area contributed by atoms with Crippen LogP contribution in [0.2, 0.25) is 0 Å². The molecule has 5 nitrogen and oxygen atoms in total. The number of rotatable bonds is 7. The molecule has 0 aliphatic rings. The molecule has 0 atom stereocenters. The second kappa shape index (κ2) is 8.85. The number of nitrogens with one attached hydrogen (secondary N) is 2. The van der Waals surface area contributed by atoms with Crippen LogP contribution in [0, 0.1) is 0 Å². The summed E-state index contributed by atoms with van der Waals surface area (Å²) in [5.41, 5.74) is 0.721. The summed E-state index contributed by atoms with van der Waals surface area (Å²) in [7, 11) is 0. The highest BCUT2D eigenvalue weighted by molar-refractivity contribution is 5.91. The van der Waals surface area contributed by atoms with Gasteiger partial charge in [0.05, 0.1) is 5.69 Å². The first-order chi connectivity index (χ1) is 9.22. The van der Waals surface area contributed by atoms with Crippen molar-refractivity contribution in [2.24, 2.45) is 0 Å². The molecule has 102 valence electrons. The number of pyridine rings is 1. The van der Waals surface area contributed by atoms with Crippen molar-refractivity contribution in [1.82, 2.24) is 15.6 Å². The van der Waals surface area contributed by atoms with Gasteiger partial charge in [-0.2, -0.15) is 0 Å². The van der Waals surface area contributed by atoms with Gasteiger partial charge in [-0.05, 0) is 24.6 Å². The van der Waals surface area contributed by atoms with Gasteiger partial charge in [0.15, 0.2) is 0 Å². The lowest BCUT2D eigenvalue weighted by atomic mass is 10.3. The van der Waals surface area contributed by atoms with Gasteiger partial charge in [-0.3, -0.25) is 14.6 Å². The number of carbonyl (C=O) groups is 2. The van der Waals surface area contributed by atoms with Crippen molar-refractivity contribution < 1.29 is 9.59 Å². The largest absolute Gasteiger partial charge is 0.356 e. The van der Waals surface area contributed by atoms with E-state index in [9.17, 15) is 9.59 Å². The molecule has 0 bridgehead atoms. The molecule has 19 heavy (non-hydrogen) atoms. The van der Waals surface area contributed by atoms with E-state index in [1.165, 1.54) is 6.08 Å². The zero-order valence-corrected chi connectivity index (χ0v) is 11.1. The van der Waals surface area contributed by atoms with E-state index in [1.807, 2.05) is 25.1 Å². The SMILES string of the molecule is CCCNC(=O)CCNC(=O)/C=C/c1ccccn1. The van der Waals surface area contributed by atoms with Crippen LogP contribution in [0.5, 0.6) is 0 Å². The van der Waals surface area contributed by atoms with Crippen molar-refractivity contribution in [1.29, 1.82) is 0 Å². The van der Waals surface area contributed by atoms with Crippen LogP contribution in [0.3, 0.4) is 0 Å². The van der Waals surface area contributed by atoms with Gasteiger partial charge in [0, 0.05) is 31.8 Å². The third-order valence-corrected chi connectivity index (χ3v) is 2.32. The molecular formula is C14H19N3O2. The van der Waals surface area contributed by atoms with Crippen molar-refractivity contribution in [3.05, 3.63) is 36.2 Å². The van der Waals surface area contributed by atoms with Crippen LogP contribution in [0.15, 0.2) is 30.5 Å². The highest BCUT2D eigenvalue weighted by atomic mass is 16.2. The van der Waals surface area contributed by atoms with Crippen molar-refractivity contribution in [2.75, 3.05) is 13.1 Å². The third-order valence-electron chi connectivity index (χ3n) is 2.32. The molecule has 0 radical (unpaired) electrons. The summed E-state index contributed by atoms with van der Waals surface area (Å²) < 4.78 is 0. The lowest BCUT2D eigenvalue weighted by Gasteiger charge is -2.03. The summed E-state index contributed by atoms with van der Waals surface area (Å²) in [6, 6.07) is 5.47. The molecule has 2 N–H and O–H groups in total. The number of nitrogens with zero attached hydrogens (tertiary/aromatic N) is 1. The van der Waals surface area contributed by atoms with Gasteiger partial charge < -0.3 is 10.6 Å². The minimum atomic E-state index is -0.228. The molecular weight excluding hydrogens is 242 g/mol. The molecule has 5 heteroatoms. The summed E-state index contributed by atoms with van der Waals surface area (Å²) in [5.74, 6) is -0.273. The molecule has 0 aliphatic carbocycles. The molecule has 1 aromatic rings. The van der Waals surface area contributed by atoms with E-state index in [-0.39, 0.29) is 11.8 Å². The Kier molecular flexibility index (Phi) is 6.94. The average molecular weight is 261 g/mol. The molecule has 2 amide bonds. The van der Waals surface area contributed by atoms with Gasteiger partial charge in [0.1, 0.15) is 0 Å². The van der Waals surface area contributed by atoms with Crippen molar-refractivity contribution >= 4 is 17.9 Å². The Bertz CT molecular complexity index is 430. The van der Waals surface area contributed by atoms with E-state index >= 15 is 0 Å². The number of hydrogen-bond donors (Lipinski definition) is 2. The first-order valence-electron chi connectivity index (χ1n) is 6.36. The van der Waals surface area contributed by atoms with Crippen LogP contribution in [0.4, 0.5) is 0 Å². The Morgan fingerprint density at radius 2 is 2.11 bits per heavy atom. The molecule has 0 aromatic carbocycles. The van der Waals surface area contributed by atoms with Gasteiger partial charge in [0.2, 0.25) is 11.8 Å². The summed E-state index contributed by atoms with van der Waals surface area (Å²) in [4.78, 5) is 26.8. The van der Waals surface area contributed by atoms with Crippen LogP contribution >= 0.6 is 0 Å². The molecule has 1 rings (SSSR count). The van der Waals surface area contributed by atoms with Gasteiger partial charge in [-0.1, -0.05) is 13.0 Å². The van der Waals surface area contributed by atoms with Crippen molar-refractivity contribution in [3.63, 3.8) is 0 Å². The fraction of sp³-hybridized carbons (Fsp3) is 0.357. The van der Waals surface area contributed by atoms with Crippen LogP contribution in [-0.4, -0.2) is 29.9 Å². The Balaban J connectivity index is 2.21.